The Hall–Kier alpha value is -1.51. The molecule has 1 heterocycles. The van der Waals surface area contributed by atoms with Gasteiger partial charge in [-0.15, -0.1) is 0 Å². The van der Waals surface area contributed by atoms with E-state index in [-0.39, 0.29) is 25.4 Å². The average Bonchev–Trinajstić information content (AvgIpc) is 2.14. The van der Waals surface area contributed by atoms with Gasteiger partial charge in [0.1, 0.15) is 9.84 Å². The second kappa shape index (κ2) is 4.78. The standard InChI is InChI=1S/C8H14N2O6S/c1-17(15,16)5-6-4-9(7(11)12)2-3-10(6)8(13)14/h6H,2-5H2,1H3,(H,11,12)(H,13,14). The lowest BCUT2D eigenvalue weighted by atomic mass is 10.2. The fourth-order valence-electron chi connectivity index (χ4n) is 1.77. The number of hydrogen-bond acceptors (Lipinski definition) is 4. The molecule has 0 aromatic carbocycles. The first-order valence-electron chi connectivity index (χ1n) is 4.86. The summed E-state index contributed by atoms with van der Waals surface area (Å²) in [5, 5.41) is 17.7. The van der Waals surface area contributed by atoms with E-state index in [1.165, 1.54) is 0 Å². The Bertz CT molecular complexity index is 420. The molecule has 0 spiro atoms. The van der Waals surface area contributed by atoms with Crippen molar-refractivity contribution in [1.29, 1.82) is 0 Å². The van der Waals surface area contributed by atoms with Crippen LogP contribution in [0.1, 0.15) is 0 Å². The summed E-state index contributed by atoms with van der Waals surface area (Å²) in [6.45, 7) is -0.0710. The van der Waals surface area contributed by atoms with Crippen molar-refractivity contribution in [3.8, 4) is 0 Å². The van der Waals surface area contributed by atoms with Crippen molar-refractivity contribution in [2.45, 2.75) is 6.04 Å². The molecule has 1 aliphatic rings. The number of hydrogen-bond donors (Lipinski definition) is 2. The topological polar surface area (TPSA) is 115 Å². The van der Waals surface area contributed by atoms with Crippen molar-refractivity contribution in [2.75, 3.05) is 31.6 Å². The van der Waals surface area contributed by atoms with Gasteiger partial charge in [-0.25, -0.2) is 18.0 Å². The molecule has 2 N–H and O–H groups in total. The van der Waals surface area contributed by atoms with Crippen LogP contribution in [0, 0.1) is 0 Å². The Balaban J connectivity index is 2.83. The van der Waals surface area contributed by atoms with Crippen LogP contribution in [0.5, 0.6) is 0 Å². The van der Waals surface area contributed by atoms with Crippen molar-refractivity contribution in [3.05, 3.63) is 0 Å². The zero-order valence-electron chi connectivity index (χ0n) is 9.24. The second-order valence-corrected chi connectivity index (χ2v) is 6.14. The number of amides is 2. The third-order valence-electron chi connectivity index (χ3n) is 2.49. The molecule has 98 valence electrons. The Labute approximate surface area is 98.3 Å². The average molecular weight is 266 g/mol. The molecule has 0 aliphatic carbocycles. The van der Waals surface area contributed by atoms with Gasteiger partial charge in [0.05, 0.1) is 11.8 Å². The smallest absolute Gasteiger partial charge is 0.407 e. The Morgan fingerprint density at radius 3 is 2.24 bits per heavy atom. The number of rotatable bonds is 2. The SMILES string of the molecule is CS(=O)(=O)CC1CN(C(=O)O)CCN1C(=O)O. The number of sulfone groups is 1. The zero-order valence-corrected chi connectivity index (χ0v) is 10.1. The minimum absolute atomic E-state index is 0.0121. The number of carbonyl (C=O) groups is 2. The predicted octanol–water partition coefficient (Wildman–Crippen LogP) is -0.627. The van der Waals surface area contributed by atoms with Crippen LogP contribution < -0.4 is 0 Å². The van der Waals surface area contributed by atoms with Crippen LogP contribution in [0.25, 0.3) is 0 Å². The van der Waals surface area contributed by atoms with E-state index in [0.29, 0.717) is 0 Å². The van der Waals surface area contributed by atoms with E-state index in [9.17, 15) is 18.0 Å². The zero-order chi connectivity index (χ0) is 13.2. The normalized spacial score (nSPS) is 21.4. The summed E-state index contributed by atoms with van der Waals surface area (Å²) in [7, 11) is -3.36. The highest BCUT2D eigenvalue weighted by atomic mass is 32.2. The largest absolute Gasteiger partial charge is 0.465 e. The molecule has 0 aromatic heterocycles. The molecule has 17 heavy (non-hydrogen) atoms. The van der Waals surface area contributed by atoms with E-state index >= 15 is 0 Å². The molecular formula is C8H14N2O6S. The van der Waals surface area contributed by atoms with Gasteiger partial charge in [0.15, 0.2) is 0 Å². The van der Waals surface area contributed by atoms with Crippen molar-refractivity contribution < 1.29 is 28.2 Å². The molecule has 0 saturated carbocycles. The summed E-state index contributed by atoms with van der Waals surface area (Å²) < 4.78 is 22.3. The van der Waals surface area contributed by atoms with Gasteiger partial charge in [-0.2, -0.15) is 0 Å². The molecule has 1 saturated heterocycles. The lowest BCUT2D eigenvalue weighted by Gasteiger charge is -2.38. The van der Waals surface area contributed by atoms with Crippen LogP contribution in [0.3, 0.4) is 0 Å². The number of piperazine rings is 1. The summed E-state index contributed by atoms with van der Waals surface area (Å²) in [4.78, 5) is 23.6. The van der Waals surface area contributed by atoms with Gasteiger partial charge in [0.2, 0.25) is 0 Å². The Morgan fingerprint density at radius 1 is 1.24 bits per heavy atom. The third kappa shape index (κ3) is 3.77. The second-order valence-electron chi connectivity index (χ2n) is 3.95. The summed E-state index contributed by atoms with van der Waals surface area (Å²) in [6, 6.07) is -0.840. The van der Waals surface area contributed by atoms with E-state index in [0.717, 1.165) is 16.1 Å². The predicted molar refractivity (Wildman–Crippen MR) is 57.8 cm³/mol. The maximum atomic E-state index is 11.2. The Kier molecular flexibility index (Phi) is 3.81. The van der Waals surface area contributed by atoms with E-state index in [2.05, 4.69) is 0 Å². The van der Waals surface area contributed by atoms with Crippen molar-refractivity contribution >= 4 is 22.0 Å². The molecule has 9 heteroatoms. The quantitative estimate of drug-likeness (QED) is 0.687. The Morgan fingerprint density at radius 2 is 1.82 bits per heavy atom. The van der Waals surface area contributed by atoms with Crippen molar-refractivity contribution in [3.63, 3.8) is 0 Å². The summed E-state index contributed by atoms with van der Waals surface area (Å²) >= 11 is 0. The van der Waals surface area contributed by atoms with Gasteiger partial charge in [-0.1, -0.05) is 0 Å². The third-order valence-corrected chi connectivity index (χ3v) is 3.48. The summed E-state index contributed by atoms with van der Waals surface area (Å²) in [5.74, 6) is -0.372. The van der Waals surface area contributed by atoms with E-state index in [1.54, 1.807) is 0 Å². The van der Waals surface area contributed by atoms with Crippen LogP contribution in [0.4, 0.5) is 9.59 Å². The van der Waals surface area contributed by atoms with Gasteiger partial charge in [-0.3, -0.25) is 0 Å². The van der Waals surface area contributed by atoms with E-state index in [4.69, 9.17) is 10.2 Å². The highest BCUT2D eigenvalue weighted by Gasteiger charge is 2.34. The van der Waals surface area contributed by atoms with Crippen LogP contribution in [0.15, 0.2) is 0 Å². The maximum Gasteiger partial charge on any atom is 0.407 e. The molecule has 2 amide bonds. The minimum atomic E-state index is -3.36. The van der Waals surface area contributed by atoms with Crippen LogP contribution >= 0.6 is 0 Å². The molecular weight excluding hydrogens is 252 g/mol. The van der Waals surface area contributed by atoms with E-state index in [1.807, 2.05) is 0 Å². The molecule has 1 fully saturated rings. The molecule has 1 atom stereocenters. The molecule has 0 aromatic rings. The van der Waals surface area contributed by atoms with Gasteiger partial charge in [0, 0.05) is 25.9 Å². The lowest BCUT2D eigenvalue weighted by molar-refractivity contribution is 0.0701. The fourth-order valence-corrected chi connectivity index (χ4v) is 2.76. The van der Waals surface area contributed by atoms with Crippen LogP contribution in [-0.2, 0) is 9.84 Å². The summed E-state index contributed by atoms with van der Waals surface area (Å²) in [5.41, 5.74) is 0. The number of carboxylic acid groups (broad SMARTS) is 2. The van der Waals surface area contributed by atoms with Gasteiger partial charge < -0.3 is 20.0 Å². The molecule has 1 unspecified atom stereocenters. The van der Waals surface area contributed by atoms with Crippen molar-refractivity contribution in [2.24, 2.45) is 0 Å². The van der Waals surface area contributed by atoms with Gasteiger partial charge in [0.25, 0.3) is 0 Å². The molecule has 1 aliphatic heterocycles. The first kappa shape index (κ1) is 13.6. The van der Waals surface area contributed by atoms with Gasteiger partial charge in [-0.05, 0) is 0 Å². The number of nitrogens with zero attached hydrogens (tertiary/aromatic N) is 2. The van der Waals surface area contributed by atoms with Crippen LogP contribution in [0.2, 0.25) is 0 Å². The highest BCUT2D eigenvalue weighted by molar-refractivity contribution is 7.90. The fraction of sp³-hybridized carbons (Fsp3) is 0.750. The monoisotopic (exact) mass is 266 g/mol. The first-order valence-corrected chi connectivity index (χ1v) is 6.92. The molecule has 0 bridgehead atoms. The van der Waals surface area contributed by atoms with Crippen molar-refractivity contribution in [1.82, 2.24) is 9.80 Å². The molecule has 8 nitrogen and oxygen atoms in total. The van der Waals surface area contributed by atoms with Crippen LogP contribution in [-0.4, -0.2) is 78.3 Å². The van der Waals surface area contributed by atoms with E-state index < -0.39 is 28.1 Å². The first-order chi connectivity index (χ1) is 7.70. The molecule has 0 radical (unpaired) electrons. The van der Waals surface area contributed by atoms with Gasteiger partial charge >= 0.3 is 12.2 Å². The maximum absolute atomic E-state index is 11.2. The molecule has 1 rings (SSSR count). The minimum Gasteiger partial charge on any atom is -0.465 e. The lowest BCUT2D eigenvalue weighted by Crippen LogP contribution is -2.58. The summed E-state index contributed by atoms with van der Waals surface area (Å²) in [6.07, 6.45) is -1.41. The highest BCUT2D eigenvalue weighted by Crippen LogP contribution is 2.12.